The van der Waals surface area contributed by atoms with Crippen molar-refractivity contribution in [2.75, 3.05) is 0 Å². The summed E-state index contributed by atoms with van der Waals surface area (Å²) in [6.45, 7) is 0. The number of nitrogens with zero attached hydrogens (tertiary/aromatic N) is 1. The second-order valence-electron chi connectivity index (χ2n) is 4.91. The van der Waals surface area contributed by atoms with E-state index in [4.69, 9.17) is 0 Å². The van der Waals surface area contributed by atoms with Crippen LogP contribution in [0.4, 0.5) is 0 Å². The van der Waals surface area contributed by atoms with Crippen LogP contribution in [-0.4, -0.2) is 9.97 Å². The Labute approximate surface area is 119 Å². The molecular weight excluding hydrogens is 244 g/mol. The van der Waals surface area contributed by atoms with Crippen LogP contribution in [0.3, 0.4) is 0 Å². The molecule has 3 aromatic rings. The van der Waals surface area contributed by atoms with Crippen LogP contribution in [-0.2, 0) is 12.8 Å². The van der Waals surface area contributed by atoms with Crippen molar-refractivity contribution < 1.29 is 0 Å². The lowest BCUT2D eigenvalue weighted by molar-refractivity contribution is 0.784. The van der Waals surface area contributed by atoms with E-state index < -0.39 is 0 Å². The van der Waals surface area contributed by atoms with E-state index in [9.17, 15) is 0 Å². The van der Waals surface area contributed by atoms with Gasteiger partial charge < -0.3 is 4.98 Å². The number of aromatic nitrogens is 2. The summed E-state index contributed by atoms with van der Waals surface area (Å²) < 4.78 is 0. The molecule has 20 heavy (non-hydrogen) atoms. The molecule has 0 aliphatic carbocycles. The first-order valence-electron chi connectivity index (χ1n) is 7.05. The van der Waals surface area contributed by atoms with Gasteiger partial charge in [0.15, 0.2) is 0 Å². The monoisotopic (exact) mass is 262 g/mol. The maximum Gasteiger partial charge on any atom is 0.106 e. The molecular formula is C18H18N2. The lowest BCUT2D eigenvalue weighted by Gasteiger charge is -2.09. The highest BCUT2D eigenvalue weighted by Crippen LogP contribution is 2.24. The van der Waals surface area contributed by atoms with E-state index in [1.54, 1.807) is 0 Å². The molecule has 0 unspecified atom stereocenters. The van der Waals surface area contributed by atoms with Gasteiger partial charge in [0.05, 0.1) is 0 Å². The van der Waals surface area contributed by atoms with Crippen LogP contribution >= 0.6 is 0 Å². The second kappa shape index (κ2) is 6.20. The van der Waals surface area contributed by atoms with E-state index >= 15 is 0 Å². The van der Waals surface area contributed by atoms with Gasteiger partial charge in [-0.1, -0.05) is 54.6 Å². The molecule has 100 valence electrons. The van der Waals surface area contributed by atoms with Crippen molar-refractivity contribution in [1.82, 2.24) is 9.97 Å². The summed E-state index contributed by atoms with van der Waals surface area (Å²) in [5.41, 5.74) is 4.04. The van der Waals surface area contributed by atoms with Gasteiger partial charge in [-0.2, -0.15) is 0 Å². The fourth-order valence-electron chi connectivity index (χ4n) is 2.52. The second-order valence-corrected chi connectivity index (χ2v) is 4.91. The lowest BCUT2D eigenvalue weighted by Crippen LogP contribution is -1.94. The molecule has 1 heterocycles. The number of aryl methyl sites for hydroxylation is 2. The van der Waals surface area contributed by atoms with Crippen molar-refractivity contribution in [3.63, 3.8) is 0 Å². The number of aromatic amines is 1. The van der Waals surface area contributed by atoms with Crippen LogP contribution in [0.5, 0.6) is 0 Å². The summed E-state index contributed by atoms with van der Waals surface area (Å²) in [6, 6.07) is 19.2. The number of H-pyrrole nitrogens is 1. The summed E-state index contributed by atoms with van der Waals surface area (Å²) in [5.74, 6) is 1.07. The zero-order valence-electron chi connectivity index (χ0n) is 11.4. The maximum absolute atomic E-state index is 4.27. The Morgan fingerprint density at radius 3 is 2.45 bits per heavy atom. The third-order valence-electron chi connectivity index (χ3n) is 3.52. The minimum Gasteiger partial charge on any atom is -0.349 e. The van der Waals surface area contributed by atoms with Gasteiger partial charge in [0.25, 0.3) is 0 Å². The molecule has 0 radical (unpaired) electrons. The SMILES string of the molecule is c1ccc(-c2ccccc2CCCc2ncc[nH]2)cc1. The van der Waals surface area contributed by atoms with E-state index in [-0.39, 0.29) is 0 Å². The van der Waals surface area contributed by atoms with Crippen LogP contribution in [0.1, 0.15) is 17.8 Å². The van der Waals surface area contributed by atoms with Crippen LogP contribution in [0, 0.1) is 0 Å². The number of hydrogen-bond acceptors (Lipinski definition) is 1. The van der Waals surface area contributed by atoms with Crippen molar-refractivity contribution in [3.05, 3.63) is 78.4 Å². The van der Waals surface area contributed by atoms with Gasteiger partial charge in [-0.25, -0.2) is 4.98 Å². The van der Waals surface area contributed by atoms with Crippen LogP contribution in [0.25, 0.3) is 11.1 Å². The van der Waals surface area contributed by atoms with Gasteiger partial charge in [0.2, 0.25) is 0 Å². The van der Waals surface area contributed by atoms with E-state index in [2.05, 4.69) is 64.6 Å². The standard InChI is InChI=1S/C18H18N2/c1-2-7-15(8-3-1)17-11-5-4-9-16(17)10-6-12-18-19-13-14-20-18/h1-5,7-9,11,13-14H,6,10,12H2,(H,19,20). The predicted molar refractivity (Wildman–Crippen MR) is 82.5 cm³/mol. The molecule has 0 amide bonds. The Morgan fingerprint density at radius 1 is 0.850 bits per heavy atom. The molecule has 0 saturated carbocycles. The van der Waals surface area contributed by atoms with Crippen molar-refractivity contribution in [2.45, 2.75) is 19.3 Å². The van der Waals surface area contributed by atoms with Crippen LogP contribution < -0.4 is 0 Å². The van der Waals surface area contributed by atoms with Crippen molar-refractivity contribution >= 4 is 0 Å². The van der Waals surface area contributed by atoms with Crippen molar-refractivity contribution in [2.24, 2.45) is 0 Å². The Bertz CT molecular complexity index is 642. The number of benzene rings is 2. The first-order chi connectivity index (χ1) is 9.93. The largest absolute Gasteiger partial charge is 0.349 e. The average Bonchev–Trinajstić information content (AvgIpc) is 3.02. The third kappa shape index (κ3) is 2.97. The van der Waals surface area contributed by atoms with E-state index in [1.165, 1.54) is 16.7 Å². The van der Waals surface area contributed by atoms with Gasteiger partial charge in [-0.3, -0.25) is 0 Å². The summed E-state index contributed by atoms with van der Waals surface area (Å²) in [6.07, 6.45) is 6.87. The van der Waals surface area contributed by atoms with Gasteiger partial charge in [0.1, 0.15) is 5.82 Å². The first kappa shape index (κ1) is 12.7. The maximum atomic E-state index is 4.27. The Morgan fingerprint density at radius 2 is 1.65 bits per heavy atom. The summed E-state index contributed by atoms with van der Waals surface area (Å²) >= 11 is 0. The molecule has 2 nitrogen and oxygen atoms in total. The molecule has 0 aliphatic heterocycles. The fraction of sp³-hybridized carbons (Fsp3) is 0.167. The minimum atomic E-state index is 0.996. The molecule has 2 heteroatoms. The molecule has 0 aliphatic rings. The molecule has 0 saturated heterocycles. The van der Waals surface area contributed by atoms with Crippen molar-refractivity contribution in [3.8, 4) is 11.1 Å². The Kier molecular flexibility index (Phi) is 3.93. The van der Waals surface area contributed by atoms with Crippen LogP contribution in [0.15, 0.2) is 67.0 Å². The van der Waals surface area contributed by atoms with Gasteiger partial charge in [-0.05, 0) is 29.5 Å². The van der Waals surface area contributed by atoms with Gasteiger partial charge in [-0.15, -0.1) is 0 Å². The summed E-state index contributed by atoms with van der Waals surface area (Å²) in [5, 5.41) is 0. The molecule has 3 rings (SSSR count). The quantitative estimate of drug-likeness (QED) is 0.731. The number of nitrogens with one attached hydrogen (secondary N) is 1. The molecule has 0 spiro atoms. The fourth-order valence-corrected chi connectivity index (χ4v) is 2.52. The number of rotatable bonds is 5. The summed E-state index contributed by atoms with van der Waals surface area (Å²) in [7, 11) is 0. The Hall–Kier alpha value is -2.35. The summed E-state index contributed by atoms with van der Waals surface area (Å²) in [4.78, 5) is 7.43. The number of imidazole rings is 1. The normalized spacial score (nSPS) is 10.6. The molecule has 2 aromatic carbocycles. The zero-order chi connectivity index (χ0) is 13.6. The number of hydrogen-bond donors (Lipinski definition) is 1. The van der Waals surface area contributed by atoms with E-state index in [1.807, 2.05) is 12.4 Å². The van der Waals surface area contributed by atoms with E-state index in [0.717, 1.165) is 25.1 Å². The molecule has 1 aromatic heterocycles. The molecule has 0 atom stereocenters. The molecule has 0 bridgehead atoms. The minimum absolute atomic E-state index is 0.996. The predicted octanol–water partition coefficient (Wildman–Crippen LogP) is 4.25. The highest BCUT2D eigenvalue weighted by molar-refractivity contribution is 5.67. The molecule has 1 N–H and O–H groups in total. The van der Waals surface area contributed by atoms with Gasteiger partial charge in [0, 0.05) is 18.8 Å². The Balaban J connectivity index is 1.73. The van der Waals surface area contributed by atoms with Crippen molar-refractivity contribution in [1.29, 1.82) is 0 Å². The lowest BCUT2D eigenvalue weighted by atomic mass is 9.96. The molecule has 0 fully saturated rings. The van der Waals surface area contributed by atoms with Gasteiger partial charge >= 0.3 is 0 Å². The zero-order valence-corrected chi connectivity index (χ0v) is 11.4. The van der Waals surface area contributed by atoms with Crippen LogP contribution in [0.2, 0.25) is 0 Å². The average molecular weight is 262 g/mol. The highest BCUT2D eigenvalue weighted by atomic mass is 14.9. The topological polar surface area (TPSA) is 28.7 Å². The third-order valence-corrected chi connectivity index (χ3v) is 3.52. The highest BCUT2D eigenvalue weighted by Gasteiger charge is 2.04. The van der Waals surface area contributed by atoms with E-state index in [0.29, 0.717) is 0 Å². The smallest absolute Gasteiger partial charge is 0.106 e. The first-order valence-corrected chi connectivity index (χ1v) is 7.05.